The number of amides is 1. The van der Waals surface area contributed by atoms with E-state index in [1.807, 2.05) is 0 Å². The van der Waals surface area contributed by atoms with E-state index < -0.39 is 16.1 Å². The maximum absolute atomic E-state index is 13.0. The third-order valence-electron chi connectivity index (χ3n) is 4.76. The van der Waals surface area contributed by atoms with Crippen LogP contribution in [0.2, 0.25) is 0 Å². The highest BCUT2D eigenvalue weighted by Gasteiger charge is 2.33. The lowest BCUT2D eigenvalue weighted by atomic mass is 10.2. The van der Waals surface area contributed by atoms with Gasteiger partial charge in [0.15, 0.2) is 11.5 Å². The third-order valence-corrected chi connectivity index (χ3v) is 6.01. The Hall–Kier alpha value is -1.96. The van der Waals surface area contributed by atoms with Crippen LogP contribution in [0.1, 0.15) is 32.6 Å². The first-order chi connectivity index (χ1) is 12.4. The van der Waals surface area contributed by atoms with Crippen LogP contribution in [0.3, 0.4) is 0 Å². The van der Waals surface area contributed by atoms with Gasteiger partial charge in [-0.05, 0) is 31.9 Å². The van der Waals surface area contributed by atoms with E-state index in [1.165, 1.54) is 4.31 Å². The van der Waals surface area contributed by atoms with E-state index in [0.29, 0.717) is 43.5 Å². The molecule has 1 amide bonds. The summed E-state index contributed by atoms with van der Waals surface area (Å²) in [6, 6.07) is 4.15. The van der Waals surface area contributed by atoms with E-state index in [0.717, 1.165) is 31.9 Å². The lowest BCUT2D eigenvalue weighted by Gasteiger charge is -2.32. The van der Waals surface area contributed by atoms with Gasteiger partial charge in [0.1, 0.15) is 19.3 Å². The van der Waals surface area contributed by atoms with Crippen molar-refractivity contribution in [2.75, 3.05) is 36.9 Å². The van der Waals surface area contributed by atoms with E-state index >= 15 is 0 Å². The highest BCUT2D eigenvalue weighted by molar-refractivity contribution is 7.92. The second-order valence-electron chi connectivity index (χ2n) is 6.80. The number of likely N-dealkylation sites (tertiary alicyclic amines) is 1. The molecule has 1 fully saturated rings. The molecule has 26 heavy (non-hydrogen) atoms. The van der Waals surface area contributed by atoms with Gasteiger partial charge in [0.2, 0.25) is 15.9 Å². The molecular formula is C18H26N2O5S. The molecule has 1 aromatic rings. The first-order valence-electron chi connectivity index (χ1n) is 9.06. The minimum Gasteiger partial charge on any atom is -0.486 e. The number of carbonyl (C=O) groups excluding carboxylic acids is 1. The van der Waals surface area contributed by atoms with Gasteiger partial charge in [-0.2, -0.15) is 0 Å². The molecule has 0 unspecified atom stereocenters. The van der Waals surface area contributed by atoms with Gasteiger partial charge >= 0.3 is 0 Å². The molecule has 0 aliphatic carbocycles. The van der Waals surface area contributed by atoms with Crippen molar-refractivity contribution in [2.45, 2.75) is 38.6 Å². The molecule has 2 aliphatic heterocycles. The first-order valence-corrected chi connectivity index (χ1v) is 10.9. The van der Waals surface area contributed by atoms with Crippen molar-refractivity contribution in [1.82, 2.24) is 4.90 Å². The lowest BCUT2D eigenvalue weighted by molar-refractivity contribution is -0.131. The van der Waals surface area contributed by atoms with Crippen molar-refractivity contribution in [3.05, 3.63) is 18.2 Å². The van der Waals surface area contributed by atoms with Crippen molar-refractivity contribution in [3.8, 4) is 11.5 Å². The predicted molar refractivity (Wildman–Crippen MR) is 99.3 cm³/mol. The largest absolute Gasteiger partial charge is 0.486 e. The Kier molecular flexibility index (Phi) is 5.60. The highest BCUT2D eigenvalue weighted by atomic mass is 32.2. The molecule has 0 spiro atoms. The van der Waals surface area contributed by atoms with Crippen LogP contribution >= 0.6 is 0 Å². The van der Waals surface area contributed by atoms with Crippen molar-refractivity contribution < 1.29 is 22.7 Å². The Morgan fingerprint density at radius 1 is 1.08 bits per heavy atom. The number of anilines is 1. The number of hydrogen-bond donors (Lipinski definition) is 0. The Labute approximate surface area is 154 Å². The summed E-state index contributed by atoms with van der Waals surface area (Å²) in [5.74, 6) is 0.920. The summed E-state index contributed by atoms with van der Waals surface area (Å²) in [7, 11) is -3.65. The molecule has 2 aliphatic rings. The molecular weight excluding hydrogens is 356 g/mol. The highest BCUT2D eigenvalue weighted by Crippen LogP contribution is 2.35. The van der Waals surface area contributed by atoms with Crippen LogP contribution in [0.15, 0.2) is 18.2 Å². The Morgan fingerprint density at radius 3 is 2.31 bits per heavy atom. The molecule has 1 atom stereocenters. The SMILES string of the molecule is C[C@@H](C(=O)N1CCCCCC1)N(c1ccc2c(c1)OCCO2)S(C)(=O)=O. The minimum absolute atomic E-state index is 0.160. The van der Waals surface area contributed by atoms with Crippen molar-refractivity contribution >= 4 is 21.6 Å². The summed E-state index contributed by atoms with van der Waals surface area (Å²) in [5, 5.41) is 0. The monoisotopic (exact) mass is 382 g/mol. The summed E-state index contributed by atoms with van der Waals surface area (Å²) >= 11 is 0. The number of sulfonamides is 1. The number of hydrogen-bond acceptors (Lipinski definition) is 5. The fraction of sp³-hybridized carbons (Fsp3) is 0.611. The van der Waals surface area contributed by atoms with Crippen LogP contribution in [0, 0.1) is 0 Å². The van der Waals surface area contributed by atoms with Gasteiger partial charge in [-0.15, -0.1) is 0 Å². The third kappa shape index (κ3) is 4.06. The fourth-order valence-corrected chi connectivity index (χ4v) is 4.69. The van der Waals surface area contributed by atoms with Gasteiger partial charge in [-0.25, -0.2) is 8.42 Å². The smallest absolute Gasteiger partial charge is 0.246 e. The minimum atomic E-state index is -3.65. The molecule has 7 nitrogen and oxygen atoms in total. The molecule has 0 aromatic heterocycles. The summed E-state index contributed by atoms with van der Waals surface area (Å²) < 4.78 is 37.2. The summed E-state index contributed by atoms with van der Waals surface area (Å²) in [6.45, 7) is 3.89. The standard InChI is InChI=1S/C18H26N2O5S/c1-14(18(21)19-9-5-3-4-6-10-19)20(26(2,22)23)15-7-8-16-17(13-15)25-12-11-24-16/h7-8,13-14H,3-6,9-12H2,1-2H3/t14-/m0/s1. The Bertz CT molecular complexity index is 757. The second-order valence-corrected chi connectivity index (χ2v) is 8.66. The number of fused-ring (bicyclic) bond motifs is 1. The fourth-order valence-electron chi connectivity index (χ4n) is 3.53. The van der Waals surface area contributed by atoms with E-state index in [2.05, 4.69) is 0 Å². The summed E-state index contributed by atoms with van der Waals surface area (Å²) in [4.78, 5) is 14.8. The quantitative estimate of drug-likeness (QED) is 0.796. The van der Waals surface area contributed by atoms with E-state index in [4.69, 9.17) is 9.47 Å². The molecule has 8 heteroatoms. The number of benzene rings is 1. The summed E-state index contributed by atoms with van der Waals surface area (Å²) in [5.41, 5.74) is 0.410. The Morgan fingerprint density at radius 2 is 1.69 bits per heavy atom. The molecule has 1 saturated heterocycles. The zero-order chi connectivity index (χ0) is 18.7. The van der Waals surface area contributed by atoms with Crippen LogP contribution in [0.5, 0.6) is 11.5 Å². The van der Waals surface area contributed by atoms with Gasteiger partial charge in [0.25, 0.3) is 0 Å². The van der Waals surface area contributed by atoms with Gasteiger partial charge in [0.05, 0.1) is 11.9 Å². The molecule has 0 bridgehead atoms. The van der Waals surface area contributed by atoms with Crippen LogP contribution < -0.4 is 13.8 Å². The van der Waals surface area contributed by atoms with Crippen LogP contribution in [0.25, 0.3) is 0 Å². The maximum atomic E-state index is 13.0. The number of nitrogens with zero attached hydrogens (tertiary/aromatic N) is 2. The zero-order valence-corrected chi connectivity index (χ0v) is 16.1. The average Bonchev–Trinajstić information content (AvgIpc) is 2.89. The van der Waals surface area contributed by atoms with Gasteiger partial charge in [-0.1, -0.05) is 12.8 Å². The van der Waals surface area contributed by atoms with Gasteiger partial charge < -0.3 is 14.4 Å². The molecule has 0 N–H and O–H groups in total. The Balaban J connectivity index is 1.89. The normalized spacial score (nSPS) is 18.8. The molecule has 3 rings (SSSR count). The molecule has 0 radical (unpaired) electrons. The van der Waals surface area contributed by atoms with Crippen LogP contribution in [-0.4, -0.2) is 57.8 Å². The summed E-state index contributed by atoms with van der Waals surface area (Å²) in [6.07, 6.45) is 5.25. The van der Waals surface area contributed by atoms with Crippen molar-refractivity contribution in [1.29, 1.82) is 0 Å². The van der Waals surface area contributed by atoms with Gasteiger partial charge in [0, 0.05) is 19.2 Å². The number of rotatable bonds is 4. The molecule has 0 saturated carbocycles. The van der Waals surface area contributed by atoms with Gasteiger partial charge in [-0.3, -0.25) is 9.10 Å². The lowest BCUT2D eigenvalue weighted by Crippen LogP contribution is -2.49. The van der Waals surface area contributed by atoms with Crippen LogP contribution in [-0.2, 0) is 14.8 Å². The van der Waals surface area contributed by atoms with Crippen LogP contribution in [0.4, 0.5) is 5.69 Å². The van der Waals surface area contributed by atoms with E-state index in [9.17, 15) is 13.2 Å². The first kappa shape index (κ1) is 18.8. The topological polar surface area (TPSA) is 76.2 Å². The van der Waals surface area contributed by atoms with Crippen molar-refractivity contribution in [2.24, 2.45) is 0 Å². The predicted octanol–water partition coefficient (Wildman–Crippen LogP) is 2.01. The average molecular weight is 382 g/mol. The molecule has 2 heterocycles. The molecule has 1 aromatic carbocycles. The maximum Gasteiger partial charge on any atom is 0.246 e. The van der Waals surface area contributed by atoms with E-state index in [-0.39, 0.29) is 5.91 Å². The molecule has 144 valence electrons. The zero-order valence-electron chi connectivity index (χ0n) is 15.3. The number of ether oxygens (including phenoxy) is 2. The number of carbonyl (C=O) groups is 1. The second kappa shape index (κ2) is 7.73. The van der Waals surface area contributed by atoms with Crippen molar-refractivity contribution in [3.63, 3.8) is 0 Å². The van der Waals surface area contributed by atoms with E-state index in [1.54, 1.807) is 30.0 Å².